The predicted octanol–water partition coefficient (Wildman–Crippen LogP) is -1.17. The zero-order valence-electron chi connectivity index (χ0n) is 10.9. The van der Waals surface area contributed by atoms with E-state index in [4.69, 9.17) is 5.73 Å². The Balaban J connectivity index is 2.30. The number of piperazine rings is 1. The number of hydrogen-bond donors (Lipinski definition) is 2. The number of amides is 2. The van der Waals surface area contributed by atoms with Gasteiger partial charge in [-0.2, -0.15) is 0 Å². The van der Waals surface area contributed by atoms with E-state index >= 15 is 0 Å². The lowest BCUT2D eigenvalue weighted by molar-refractivity contribution is -0.391. The van der Waals surface area contributed by atoms with Gasteiger partial charge in [0.2, 0.25) is 5.91 Å². The fourth-order valence-electron chi connectivity index (χ4n) is 2.25. The van der Waals surface area contributed by atoms with Crippen molar-refractivity contribution in [2.24, 2.45) is 12.8 Å². The molecule has 0 aromatic carbocycles. The normalized spacial score (nSPS) is 18.9. The van der Waals surface area contributed by atoms with Crippen LogP contribution in [-0.4, -0.2) is 51.9 Å². The van der Waals surface area contributed by atoms with Gasteiger partial charge in [0.1, 0.15) is 6.04 Å². The van der Waals surface area contributed by atoms with Crippen molar-refractivity contribution < 1.29 is 14.5 Å². The number of nitrogens with two attached hydrogens (primary N) is 1. The monoisotopic (exact) mass is 281 g/mol. The molecule has 3 N–H and O–H groups in total. The quantitative estimate of drug-likeness (QED) is 0.534. The molecule has 0 radical (unpaired) electrons. The molecule has 1 aromatic rings. The molecule has 0 spiro atoms. The molecule has 0 bridgehead atoms. The molecule has 0 saturated carbocycles. The van der Waals surface area contributed by atoms with Gasteiger partial charge >= 0.3 is 5.82 Å². The number of rotatable bonds is 3. The molecule has 9 nitrogen and oxygen atoms in total. The minimum absolute atomic E-state index is 0.157. The zero-order valence-corrected chi connectivity index (χ0v) is 10.9. The molecule has 9 heteroatoms. The summed E-state index contributed by atoms with van der Waals surface area (Å²) in [5.74, 6) is -1.22. The van der Waals surface area contributed by atoms with Crippen LogP contribution in [0.3, 0.4) is 0 Å². The van der Waals surface area contributed by atoms with Crippen molar-refractivity contribution in [3.63, 3.8) is 0 Å². The molecule has 1 fully saturated rings. The molecular formula is C11H15N5O4. The molecule has 20 heavy (non-hydrogen) atoms. The maximum absolute atomic E-state index is 12.4. The lowest BCUT2D eigenvalue weighted by atomic mass is 10.1. The van der Waals surface area contributed by atoms with Crippen molar-refractivity contribution in [2.45, 2.75) is 6.04 Å². The molecule has 108 valence electrons. The van der Waals surface area contributed by atoms with E-state index in [0.717, 1.165) is 0 Å². The van der Waals surface area contributed by atoms with E-state index in [0.29, 0.717) is 13.1 Å². The SMILES string of the molecule is Cn1c(C(=O)N2CCNCC2C(N)=O)ccc1[N+](=O)[O-]. The van der Waals surface area contributed by atoms with E-state index in [1.807, 2.05) is 0 Å². The number of primary amides is 1. The largest absolute Gasteiger partial charge is 0.368 e. The van der Waals surface area contributed by atoms with Gasteiger partial charge in [-0.3, -0.25) is 9.59 Å². The van der Waals surface area contributed by atoms with Crippen LogP contribution in [0.4, 0.5) is 5.82 Å². The first-order valence-electron chi connectivity index (χ1n) is 6.04. The number of carbonyl (C=O) groups is 2. The van der Waals surface area contributed by atoms with Gasteiger partial charge in [0.25, 0.3) is 5.91 Å². The number of hydrogen-bond acceptors (Lipinski definition) is 5. The van der Waals surface area contributed by atoms with E-state index in [1.165, 1.54) is 28.6 Å². The first kappa shape index (κ1) is 14.0. The van der Waals surface area contributed by atoms with Crippen LogP contribution in [0.25, 0.3) is 0 Å². The van der Waals surface area contributed by atoms with Crippen molar-refractivity contribution >= 4 is 17.6 Å². The second kappa shape index (κ2) is 5.29. The Hall–Kier alpha value is -2.42. The fourth-order valence-corrected chi connectivity index (χ4v) is 2.25. The molecule has 1 unspecified atom stereocenters. The summed E-state index contributed by atoms with van der Waals surface area (Å²) in [6.07, 6.45) is 0. The number of carbonyl (C=O) groups excluding carboxylic acids is 2. The second-order valence-corrected chi connectivity index (χ2v) is 4.51. The molecule has 0 aliphatic carbocycles. The van der Waals surface area contributed by atoms with Gasteiger partial charge in [0, 0.05) is 25.7 Å². The number of nitrogens with zero attached hydrogens (tertiary/aromatic N) is 3. The molecule has 2 heterocycles. The van der Waals surface area contributed by atoms with E-state index in [1.54, 1.807) is 0 Å². The van der Waals surface area contributed by atoms with Crippen LogP contribution in [0.2, 0.25) is 0 Å². The highest BCUT2D eigenvalue weighted by atomic mass is 16.6. The average Bonchev–Trinajstić information content (AvgIpc) is 2.79. The molecule has 1 saturated heterocycles. The molecule has 1 atom stereocenters. The van der Waals surface area contributed by atoms with Gasteiger partial charge in [-0.25, -0.2) is 4.57 Å². The highest BCUT2D eigenvalue weighted by Gasteiger charge is 2.34. The third-order valence-electron chi connectivity index (χ3n) is 3.33. The van der Waals surface area contributed by atoms with Crippen LogP contribution < -0.4 is 11.1 Å². The topological polar surface area (TPSA) is 124 Å². The van der Waals surface area contributed by atoms with Crippen LogP contribution in [-0.2, 0) is 11.8 Å². The Bertz CT molecular complexity index is 567. The van der Waals surface area contributed by atoms with Crippen molar-refractivity contribution in [1.82, 2.24) is 14.8 Å². The van der Waals surface area contributed by atoms with Gasteiger partial charge in [0.15, 0.2) is 5.69 Å². The summed E-state index contributed by atoms with van der Waals surface area (Å²) in [7, 11) is 1.44. The Labute approximate surface area is 114 Å². The van der Waals surface area contributed by atoms with Crippen molar-refractivity contribution in [3.8, 4) is 0 Å². The van der Waals surface area contributed by atoms with E-state index in [2.05, 4.69) is 5.32 Å². The van der Waals surface area contributed by atoms with Gasteiger partial charge in [-0.15, -0.1) is 0 Å². The van der Waals surface area contributed by atoms with Crippen LogP contribution in [0.5, 0.6) is 0 Å². The second-order valence-electron chi connectivity index (χ2n) is 4.51. The lowest BCUT2D eigenvalue weighted by Gasteiger charge is -2.33. The predicted molar refractivity (Wildman–Crippen MR) is 69.0 cm³/mol. The van der Waals surface area contributed by atoms with Gasteiger partial charge in [-0.05, 0) is 11.0 Å². The number of aromatic nitrogens is 1. The maximum atomic E-state index is 12.4. The maximum Gasteiger partial charge on any atom is 0.323 e. The first-order chi connectivity index (χ1) is 9.43. The Morgan fingerprint density at radius 3 is 2.75 bits per heavy atom. The van der Waals surface area contributed by atoms with E-state index in [9.17, 15) is 19.7 Å². The third-order valence-corrected chi connectivity index (χ3v) is 3.33. The van der Waals surface area contributed by atoms with Crippen LogP contribution >= 0.6 is 0 Å². The van der Waals surface area contributed by atoms with Crippen molar-refractivity contribution in [3.05, 3.63) is 27.9 Å². The van der Waals surface area contributed by atoms with Gasteiger partial charge < -0.3 is 26.1 Å². The summed E-state index contributed by atoms with van der Waals surface area (Å²) in [4.78, 5) is 35.3. The summed E-state index contributed by atoms with van der Waals surface area (Å²) >= 11 is 0. The highest BCUT2D eigenvalue weighted by molar-refractivity contribution is 5.96. The van der Waals surface area contributed by atoms with Crippen LogP contribution in [0.1, 0.15) is 10.5 Å². The Kier molecular flexibility index (Phi) is 3.70. The minimum atomic E-state index is -0.745. The molecule has 1 aliphatic rings. The Morgan fingerprint density at radius 1 is 1.50 bits per heavy atom. The van der Waals surface area contributed by atoms with Crippen molar-refractivity contribution in [1.29, 1.82) is 0 Å². The summed E-state index contributed by atoms with van der Waals surface area (Å²) < 4.78 is 1.20. The zero-order chi connectivity index (χ0) is 14.9. The minimum Gasteiger partial charge on any atom is -0.368 e. The first-order valence-corrected chi connectivity index (χ1v) is 6.04. The summed E-state index contributed by atoms with van der Waals surface area (Å²) in [5, 5.41) is 13.8. The average molecular weight is 281 g/mol. The van der Waals surface area contributed by atoms with Gasteiger partial charge in [-0.1, -0.05) is 0 Å². The van der Waals surface area contributed by atoms with E-state index < -0.39 is 22.8 Å². The van der Waals surface area contributed by atoms with Gasteiger partial charge in [0.05, 0.1) is 7.05 Å². The molecule has 1 aromatic heterocycles. The third kappa shape index (κ3) is 2.35. The smallest absolute Gasteiger partial charge is 0.323 e. The van der Waals surface area contributed by atoms with Crippen LogP contribution in [0, 0.1) is 10.1 Å². The summed E-state index contributed by atoms with van der Waals surface area (Å²) in [6, 6.07) is 1.89. The lowest BCUT2D eigenvalue weighted by Crippen LogP contribution is -2.58. The summed E-state index contributed by atoms with van der Waals surface area (Å²) in [6.45, 7) is 1.15. The molecule has 1 aliphatic heterocycles. The molecule has 2 amide bonds. The highest BCUT2D eigenvalue weighted by Crippen LogP contribution is 2.18. The standard InChI is InChI=1S/C11H15N5O4/c1-14-7(2-3-9(14)16(19)20)11(18)15-5-4-13-6-8(15)10(12)17/h2-3,8,13H,4-6H2,1H3,(H2,12,17). The van der Waals surface area contributed by atoms with E-state index in [-0.39, 0.29) is 18.1 Å². The Morgan fingerprint density at radius 2 is 2.20 bits per heavy atom. The summed E-state index contributed by atoms with van der Waals surface area (Å²) in [5.41, 5.74) is 5.43. The molecule has 2 rings (SSSR count). The fraction of sp³-hybridized carbons (Fsp3) is 0.455. The number of nitrogens with one attached hydrogen (secondary N) is 1. The van der Waals surface area contributed by atoms with Crippen molar-refractivity contribution in [2.75, 3.05) is 19.6 Å². The number of nitro groups is 1. The molecular weight excluding hydrogens is 266 g/mol. The van der Waals surface area contributed by atoms with Crippen LogP contribution in [0.15, 0.2) is 12.1 Å².